The molecule has 0 spiro atoms. The van der Waals surface area contributed by atoms with Crippen LogP contribution in [-0.4, -0.2) is 62.5 Å². The highest BCUT2D eigenvalue weighted by Gasteiger charge is 2.28. The van der Waals surface area contributed by atoms with E-state index in [9.17, 15) is 9.59 Å². The van der Waals surface area contributed by atoms with Gasteiger partial charge in [-0.05, 0) is 40.5 Å². The van der Waals surface area contributed by atoms with Crippen LogP contribution in [0.15, 0.2) is 12.4 Å². The summed E-state index contributed by atoms with van der Waals surface area (Å²) in [4.78, 5) is 34.2. The molecule has 0 aliphatic carbocycles. The monoisotopic (exact) mass is 416 g/mol. The number of hydrogen-bond acceptors (Lipinski definition) is 8. The van der Waals surface area contributed by atoms with Gasteiger partial charge in [0, 0.05) is 24.8 Å². The second-order valence-electron chi connectivity index (χ2n) is 8.29. The number of likely N-dealkylation sites (tertiary alicyclic amines) is 1. The lowest BCUT2D eigenvalue weighted by Crippen LogP contribution is -2.42. The van der Waals surface area contributed by atoms with Crippen LogP contribution >= 0.6 is 0 Å². The Morgan fingerprint density at radius 2 is 1.90 bits per heavy atom. The summed E-state index contributed by atoms with van der Waals surface area (Å²) in [6.45, 7) is 8.65. The average Bonchev–Trinajstić information content (AvgIpc) is 3.08. The first kappa shape index (κ1) is 21.5. The highest BCUT2D eigenvalue weighted by atomic mass is 16.6. The molecule has 0 atom stereocenters. The number of ether oxygens (including phenoxy) is 2. The van der Waals surface area contributed by atoms with Crippen molar-refractivity contribution in [2.24, 2.45) is 0 Å². The molecule has 0 saturated carbocycles. The summed E-state index contributed by atoms with van der Waals surface area (Å²) < 4.78 is 12.1. The summed E-state index contributed by atoms with van der Waals surface area (Å²) in [5.41, 5.74) is 7.24. The highest BCUT2D eigenvalue weighted by molar-refractivity contribution is 5.92. The van der Waals surface area contributed by atoms with Crippen molar-refractivity contribution in [1.29, 1.82) is 0 Å². The fraction of sp³-hybridized carbons (Fsp3) is 0.550. The van der Waals surface area contributed by atoms with Gasteiger partial charge in [-0.1, -0.05) is 0 Å². The van der Waals surface area contributed by atoms with E-state index >= 15 is 0 Å². The summed E-state index contributed by atoms with van der Waals surface area (Å²) in [6, 6.07) is 0.151. The van der Waals surface area contributed by atoms with Crippen molar-refractivity contribution in [3.8, 4) is 11.3 Å². The Hall–Kier alpha value is -3.17. The molecule has 10 heteroatoms. The number of carbonyl (C=O) groups excluding carboxylic acids is 2. The number of aryl methyl sites for hydroxylation is 1. The number of anilines is 1. The predicted molar refractivity (Wildman–Crippen MR) is 110 cm³/mol. The van der Waals surface area contributed by atoms with Crippen LogP contribution in [0.4, 0.5) is 10.6 Å². The molecule has 10 nitrogen and oxygen atoms in total. The molecule has 0 bridgehead atoms. The Labute approximate surface area is 175 Å². The van der Waals surface area contributed by atoms with Gasteiger partial charge in [0.1, 0.15) is 5.60 Å². The zero-order chi connectivity index (χ0) is 22.1. The van der Waals surface area contributed by atoms with Gasteiger partial charge < -0.3 is 20.1 Å². The van der Waals surface area contributed by atoms with Crippen molar-refractivity contribution >= 4 is 17.9 Å². The molecule has 3 heterocycles. The number of amides is 1. The summed E-state index contributed by atoms with van der Waals surface area (Å²) in [5.74, 6) is -0.619. The van der Waals surface area contributed by atoms with Crippen molar-refractivity contribution in [2.45, 2.75) is 52.2 Å². The van der Waals surface area contributed by atoms with Gasteiger partial charge in [0.2, 0.25) is 0 Å². The third-order valence-electron chi connectivity index (χ3n) is 4.86. The smallest absolute Gasteiger partial charge is 0.410 e. The highest BCUT2D eigenvalue weighted by Crippen LogP contribution is 2.28. The van der Waals surface area contributed by atoms with Crippen LogP contribution in [0.1, 0.15) is 55.8 Å². The van der Waals surface area contributed by atoms with Crippen LogP contribution in [0, 0.1) is 6.92 Å². The topological polar surface area (TPSA) is 125 Å². The number of aromatic nitrogens is 4. The van der Waals surface area contributed by atoms with E-state index in [2.05, 4.69) is 15.1 Å². The lowest BCUT2D eigenvalue weighted by molar-refractivity contribution is 0.0184. The second-order valence-corrected chi connectivity index (χ2v) is 8.29. The molecule has 0 aromatic carbocycles. The van der Waals surface area contributed by atoms with Crippen LogP contribution < -0.4 is 5.73 Å². The molecule has 0 radical (unpaired) electrons. The molecule has 30 heavy (non-hydrogen) atoms. The van der Waals surface area contributed by atoms with E-state index in [0.29, 0.717) is 18.8 Å². The lowest BCUT2D eigenvalue weighted by atomic mass is 10.1. The molecule has 1 saturated heterocycles. The van der Waals surface area contributed by atoms with E-state index in [1.165, 1.54) is 13.3 Å². The molecule has 1 fully saturated rings. The van der Waals surface area contributed by atoms with Crippen LogP contribution in [0.2, 0.25) is 0 Å². The van der Waals surface area contributed by atoms with E-state index < -0.39 is 11.6 Å². The summed E-state index contributed by atoms with van der Waals surface area (Å²) in [7, 11) is 1.27. The Morgan fingerprint density at radius 1 is 1.23 bits per heavy atom. The molecule has 3 rings (SSSR count). The number of esters is 1. The molecule has 2 aromatic rings. The average molecular weight is 416 g/mol. The van der Waals surface area contributed by atoms with Crippen molar-refractivity contribution in [2.75, 3.05) is 25.9 Å². The maximum absolute atomic E-state index is 12.3. The zero-order valence-electron chi connectivity index (χ0n) is 18.0. The van der Waals surface area contributed by atoms with Gasteiger partial charge in [-0.3, -0.25) is 4.68 Å². The molecule has 0 unspecified atom stereocenters. The number of nitrogens with zero attached hydrogens (tertiary/aromatic N) is 5. The minimum absolute atomic E-state index is 0.0187. The van der Waals surface area contributed by atoms with Gasteiger partial charge in [0.25, 0.3) is 0 Å². The van der Waals surface area contributed by atoms with E-state index in [1.54, 1.807) is 4.90 Å². The summed E-state index contributed by atoms with van der Waals surface area (Å²) >= 11 is 0. The molecule has 2 aromatic heterocycles. The number of rotatable bonds is 3. The van der Waals surface area contributed by atoms with Crippen molar-refractivity contribution in [3.05, 3.63) is 23.8 Å². The number of carbonyl (C=O) groups is 2. The fourth-order valence-electron chi connectivity index (χ4n) is 3.33. The molecular formula is C20H28N6O4. The van der Waals surface area contributed by atoms with E-state index in [0.717, 1.165) is 24.1 Å². The molecule has 1 aliphatic heterocycles. The number of hydrogen-bond donors (Lipinski definition) is 1. The van der Waals surface area contributed by atoms with E-state index in [-0.39, 0.29) is 23.6 Å². The van der Waals surface area contributed by atoms with Gasteiger partial charge in [-0.25, -0.2) is 19.6 Å². The van der Waals surface area contributed by atoms with Crippen LogP contribution in [-0.2, 0) is 9.47 Å². The Morgan fingerprint density at radius 3 is 2.50 bits per heavy atom. The third kappa shape index (κ3) is 4.69. The molecule has 1 amide bonds. The Balaban J connectivity index is 1.73. The van der Waals surface area contributed by atoms with Crippen LogP contribution in [0.25, 0.3) is 11.3 Å². The Bertz CT molecular complexity index is 941. The molecule has 162 valence electrons. The van der Waals surface area contributed by atoms with Gasteiger partial charge in [-0.15, -0.1) is 0 Å². The Kier molecular flexibility index (Phi) is 5.95. The van der Waals surface area contributed by atoms with Gasteiger partial charge in [-0.2, -0.15) is 5.10 Å². The van der Waals surface area contributed by atoms with Crippen LogP contribution in [0.3, 0.4) is 0 Å². The largest absolute Gasteiger partial charge is 0.464 e. The first-order valence-corrected chi connectivity index (χ1v) is 9.84. The SMILES string of the molecule is COC(=O)c1nc(-c2cn(C3CCN(C(=O)OC(C)(C)C)CC3)nc2C)cnc1N. The van der Waals surface area contributed by atoms with Gasteiger partial charge in [0.05, 0.1) is 30.7 Å². The number of methoxy groups -OCH3 is 1. The lowest BCUT2D eigenvalue weighted by Gasteiger charge is -2.33. The molecule has 1 aliphatic rings. The first-order chi connectivity index (χ1) is 14.1. The van der Waals surface area contributed by atoms with Crippen molar-refractivity contribution in [1.82, 2.24) is 24.6 Å². The third-order valence-corrected chi connectivity index (χ3v) is 4.86. The summed E-state index contributed by atoms with van der Waals surface area (Å²) in [6.07, 6.45) is 4.65. The minimum atomic E-state index is -0.638. The van der Waals surface area contributed by atoms with E-state index in [4.69, 9.17) is 15.2 Å². The van der Waals surface area contributed by atoms with E-state index in [1.807, 2.05) is 38.6 Å². The standard InChI is InChI=1S/C20H28N6O4/c1-12-14(15-10-22-17(21)16(23-15)18(27)29-5)11-26(24-12)13-6-8-25(9-7-13)19(28)30-20(2,3)4/h10-11,13H,6-9H2,1-5H3,(H2,21,22). The van der Waals surface area contributed by atoms with Crippen molar-refractivity contribution < 1.29 is 19.1 Å². The number of nitrogen functional groups attached to an aromatic ring is 1. The normalized spacial score (nSPS) is 15.2. The fourth-order valence-corrected chi connectivity index (χ4v) is 3.33. The van der Waals surface area contributed by atoms with Gasteiger partial charge in [0.15, 0.2) is 11.5 Å². The minimum Gasteiger partial charge on any atom is -0.464 e. The maximum atomic E-state index is 12.3. The number of piperidine rings is 1. The quantitative estimate of drug-likeness (QED) is 0.757. The van der Waals surface area contributed by atoms with Crippen molar-refractivity contribution in [3.63, 3.8) is 0 Å². The zero-order valence-corrected chi connectivity index (χ0v) is 18.0. The number of nitrogens with two attached hydrogens (primary N) is 1. The van der Waals surface area contributed by atoms with Crippen LogP contribution in [0.5, 0.6) is 0 Å². The molecule has 2 N–H and O–H groups in total. The second kappa shape index (κ2) is 8.29. The first-order valence-electron chi connectivity index (χ1n) is 9.84. The van der Waals surface area contributed by atoms with Gasteiger partial charge >= 0.3 is 12.1 Å². The summed E-state index contributed by atoms with van der Waals surface area (Å²) in [5, 5.41) is 4.62. The molecular weight excluding hydrogens is 388 g/mol. The maximum Gasteiger partial charge on any atom is 0.410 e. The predicted octanol–water partition coefficient (Wildman–Crippen LogP) is 2.59.